The van der Waals surface area contributed by atoms with E-state index >= 15 is 0 Å². The average molecular weight is 192 g/mol. The summed E-state index contributed by atoms with van der Waals surface area (Å²) in [6, 6.07) is 5.53. The molecule has 1 fully saturated rings. The van der Waals surface area contributed by atoms with Crippen LogP contribution in [0.25, 0.3) is 0 Å². The fourth-order valence-corrected chi connectivity index (χ4v) is 2.37. The fourth-order valence-electron chi connectivity index (χ4n) is 2.37. The van der Waals surface area contributed by atoms with Gasteiger partial charge in [0.05, 0.1) is 13.2 Å². The molecule has 74 valence electrons. The first kappa shape index (κ1) is 8.26. The second-order valence-corrected chi connectivity index (χ2v) is 3.75. The first-order chi connectivity index (χ1) is 6.82. The maximum absolute atomic E-state index is 9.66. The molecule has 1 aromatic carbocycles. The molecule has 1 aliphatic carbocycles. The SMILES string of the molecule is Oc1cccc2c1CCC21OCCO1. The maximum Gasteiger partial charge on any atom is 0.195 e. The van der Waals surface area contributed by atoms with E-state index in [1.54, 1.807) is 6.07 Å². The number of phenolic OH excluding ortho intramolecular Hbond substituents is 1. The van der Waals surface area contributed by atoms with Gasteiger partial charge >= 0.3 is 0 Å². The van der Waals surface area contributed by atoms with E-state index in [4.69, 9.17) is 9.47 Å². The van der Waals surface area contributed by atoms with E-state index in [-0.39, 0.29) is 0 Å². The standard InChI is InChI=1S/C11H12O3/c12-10-3-1-2-9-8(10)4-5-11(9)13-6-7-14-11/h1-3,12H,4-7H2. The summed E-state index contributed by atoms with van der Waals surface area (Å²) in [6.07, 6.45) is 1.65. The van der Waals surface area contributed by atoms with Crippen LogP contribution in [-0.2, 0) is 21.7 Å². The molecule has 1 spiro atoms. The maximum atomic E-state index is 9.66. The molecule has 3 heteroatoms. The molecular formula is C11H12O3. The highest BCUT2D eigenvalue weighted by molar-refractivity contribution is 5.45. The van der Waals surface area contributed by atoms with Crippen molar-refractivity contribution in [3.8, 4) is 5.75 Å². The van der Waals surface area contributed by atoms with Crippen molar-refractivity contribution >= 4 is 0 Å². The molecule has 14 heavy (non-hydrogen) atoms. The molecule has 1 saturated heterocycles. The van der Waals surface area contributed by atoms with Crippen molar-refractivity contribution in [2.75, 3.05) is 13.2 Å². The molecule has 0 amide bonds. The average Bonchev–Trinajstić information content (AvgIpc) is 2.78. The first-order valence-corrected chi connectivity index (χ1v) is 4.91. The Bertz CT molecular complexity index is 367. The van der Waals surface area contributed by atoms with Crippen LogP contribution in [0.15, 0.2) is 18.2 Å². The van der Waals surface area contributed by atoms with E-state index in [2.05, 4.69) is 0 Å². The zero-order valence-corrected chi connectivity index (χ0v) is 7.82. The summed E-state index contributed by atoms with van der Waals surface area (Å²) in [5.74, 6) is -0.188. The summed E-state index contributed by atoms with van der Waals surface area (Å²) in [4.78, 5) is 0. The summed E-state index contributed by atoms with van der Waals surface area (Å²) in [7, 11) is 0. The van der Waals surface area contributed by atoms with Crippen LogP contribution in [0.3, 0.4) is 0 Å². The Balaban J connectivity index is 2.14. The van der Waals surface area contributed by atoms with Crippen LogP contribution in [0, 0.1) is 0 Å². The Morgan fingerprint density at radius 1 is 1.21 bits per heavy atom. The lowest BCUT2D eigenvalue weighted by atomic mass is 10.1. The highest BCUT2D eigenvalue weighted by Crippen LogP contribution is 2.45. The predicted octanol–water partition coefficient (Wildman–Crippen LogP) is 1.54. The van der Waals surface area contributed by atoms with Crippen LogP contribution in [0.1, 0.15) is 17.5 Å². The molecule has 0 atom stereocenters. The molecule has 0 aromatic heterocycles. The van der Waals surface area contributed by atoms with Gasteiger partial charge in [-0.05, 0) is 12.5 Å². The van der Waals surface area contributed by atoms with E-state index in [1.807, 2.05) is 12.1 Å². The number of aromatic hydroxyl groups is 1. The Kier molecular flexibility index (Phi) is 1.60. The highest BCUT2D eigenvalue weighted by Gasteiger charge is 2.44. The lowest BCUT2D eigenvalue weighted by Gasteiger charge is -2.22. The minimum atomic E-state index is -0.548. The van der Waals surface area contributed by atoms with Gasteiger partial charge in [-0.3, -0.25) is 0 Å². The van der Waals surface area contributed by atoms with Gasteiger partial charge in [-0.15, -0.1) is 0 Å². The van der Waals surface area contributed by atoms with Gasteiger partial charge in [0.2, 0.25) is 0 Å². The van der Waals surface area contributed by atoms with Gasteiger partial charge in [0, 0.05) is 17.5 Å². The van der Waals surface area contributed by atoms with Gasteiger partial charge < -0.3 is 14.6 Å². The van der Waals surface area contributed by atoms with Gasteiger partial charge in [0.25, 0.3) is 0 Å². The predicted molar refractivity (Wildman–Crippen MR) is 50.0 cm³/mol. The van der Waals surface area contributed by atoms with E-state index in [1.165, 1.54) is 0 Å². The van der Waals surface area contributed by atoms with E-state index < -0.39 is 5.79 Å². The number of hydrogen-bond acceptors (Lipinski definition) is 3. The largest absolute Gasteiger partial charge is 0.508 e. The molecule has 0 radical (unpaired) electrons. The molecule has 3 nitrogen and oxygen atoms in total. The van der Waals surface area contributed by atoms with Crippen molar-refractivity contribution in [1.29, 1.82) is 0 Å². The second-order valence-electron chi connectivity index (χ2n) is 3.75. The molecule has 1 aliphatic heterocycles. The molecule has 0 unspecified atom stereocenters. The molecule has 1 aromatic rings. The van der Waals surface area contributed by atoms with Gasteiger partial charge in [-0.1, -0.05) is 12.1 Å². The van der Waals surface area contributed by atoms with E-state index in [0.29, 0.717) is 19.0 Å². The molecule has 3 rings (SSSR count). The third-order valence-electron chi connectivity index (χ3n) is 3.02. The second kappa shape index (κ2) is 2.72. The molecule has 1 N–H and O–H groups in total. The number of ether oxygens (including phenoxy) is 2. The fraction of sp³-hybridized carbons (Fsp3) is 0.455. The van der Waals surface area contributed by atoms with Gasteiger partial charge in [0.15, 0.2) is 5.79 Å². The van der Waals surface area contributed by atoms with E-state index in [9.17, 15) is 5.11 Å². The Hall–Kier alpha value is -1.06. The summed E-state index contributed by atoms with van der Waals surface area (Å²) in [5, 5.41) is 9.66. The third kappa shape index (κ3) is 0.938. The van der Waals surface area contributed by atoms with Crippen LogP contribution in [0.5, 0.6) is 5.75 Å². The van der Waals surface area contributed by atoms with Crippen LogP contribution in [-0.4, -0.2) is 18.3 Å². The zero-order valence-electron chi connectivity index (χ0n) is 7.82. The van der Waals surface area contributed by atoms with Crippen molar-refractivity contribution < 1.29 is 14.6 Å². The topological polar surface area (TPSA) is 38.7 Å². The van der Waals surface area contributed by atoms with Crippen molar-refractivity contribution in [2.45, 2.75) is 18.6 Å². The molecule has 1 heterocycles. The van der Waals surface area contributed by atoms with Gasteiger partial charge in [-0.2, -0.15) is 0 Å². The minimum absolute atomic E-state index is 0.360. The lowest BCUT2D eigenvalue weighted by molar-refractivity contribution is -0.163. The van der Waals surface area contributed by atoms with Gasteiger partial charge in [0.1, 0.15) is 5.75 Å². The summed E-state index contributed by atoms with van der Waals surface area (Å²) >= 11 is 0. The number of hydrogen-bond donors (Lipinski definition) is 1. The van der Waals surface area contributed by atoms with Crippen LogP contribution in [0.2, 0.25) is 0 Å². The van der Waals surface area contributed by atoms with Gasteiger partial charge in [-0.25, -0.2) is 0 Å². The van der Waals surface area contributed by atoms with Crippen LogP contribution < -0.4 is 0 Å². The van der Waals surface area contributed by atoms with Crippen molar-refractivity contribution in [3.05, 3.63) is 29.3 Å². The monoisotopic (exact) mass is 192 g/mol. The number of fused-ring (bicyclic) bond motifs is 2. The van der Waals surface area contributed by atoms with Crippen molar-refractivity contribution in [1.82, 2.24) is 0 Å². The number of rotatable bonds is 0. The zero-order chi connectivity index (χ0) is 9.60. The molecular weight excluding hydrogens is 180 g/mol. The quantitative estimate of drug-likeness (QED) is 0.677. The minimum Gasteiger partial charge on any atom is -0.508 e. The lowest BCUT2D eigenvalue weighted by Crippen LogP contribution is -2.23. The summed E-state index contributed by atoms with van der Waals surface area (Å²) in [5.41, 5.74) is 1.99. The van der Waals surface area contributed by atoms with Crippen LogP contribution >= 0.6 is 0 Å². The first-order valence-electron chi connectivity index (χ1n) is 4.91. The molecule has 2 aliphatic rings. The Morgan fingerprint density at radius 2 is 2.00 bits per heavy atom. The van der Waals surface area contributed by atoms with Crippen molar-refractivity contribution in [3.63, 3.8) is 0 Å². The van der Waals surface area contributed by atoms with Crippen molar-refractivity contribution in [2.24, 2.45) is 0 Å². The molecule has 0 bridgehead atoms. The summed E-state index contributed by atoms with van der Waals surface area (Å²) in [6.45, 7) is 1.30. The third-order valence-corrected chi connectivity index (χ3v) is 3.02. The van der Waals surface area contributed by atoms with E-state index in [0.717, 1.165) is 24.0 Å². The molecule has 0 saturated carbocycles. The Labute approximate surface area is 82.3 Å². The van der Waals surface area contributed by atoms with Crippen LogP contribution in [0.4, 0.5) is 0 Å². The normalized spacial score (nSPS) is 22.9. The summed E-state index contributed by atoms with van der Waals surface area (Å²) < 4.78 is 11.3. The number of phenols is 1. The number of benzene rings is 1. The highest BCUT2D eigenvalue weighted by atomic mass is 16.7. The smallest absolute Gasteiger partial charge is 0.195 e. The Morgan fingerprint density at radius 3 is 2.79 bits per heavy atom.